The zero-order valence-corrected chi connectivity index (χ0v) is 17.8. The number of hydrogen-bond acceptors (Lipinski definition) is 4. The first-order valence-electron chi connectivity index (χ1n) is 11.4. The topological polar surface area (TPSA) is 49.3 Å². The van der Waals surface area contributed by atoms with Crippen molar-refractivity contribution in [2.24, 2.45) is 4.99 Å². The number of hydrogen-bond donors (Lipinski definition) is 1. The number of benzene rings is 1. The van der Waals surface area contributed by atoms with E-state index in [9.17, 15) is 0 Å². The van der Waals surface area contributed by atoms with Gasteiger partial charge in [-0.15, -0.1) is 0 Å². The Bertz CT molecular complexity index is 669. The minimum Gasteiger partial charge on any atom is -0.490 e. The van der Waals surface area contributed by atoms with Gasteiger partial charge in [-0.3, -0.25) is 4.90 Å². The van der Waals surface area contributed by atoms with Gasteiger partial charge in [0.15, 0.2) is 5.96 Å². The zero-order valence-electron chi connectivity index (χ0n) is 17.8. The second-order valence-electron chi connectivity index (χ2n) is 8.34. The summed E-state index contributed by atoms with van der Waals surface area (Å²) in [5, 5.41) is 3.50. The summed E-state index contributed by atoms with van der Waals surface area (Å²) in [6.07, 6.45) is 6.50. The molecule has 3 fully saturated rings. The van der Waals surface area contributed by atoms with Gasteiger partial charge in [0.1, 0.15) is 5.75 Å². The Balaban J connectivity index is 1.40. The van der Waals surface area contributed by atoms with Gasteiger partial charge in [-0.2, -0.15) is 0 Å². The first-order chi connectivity index (χ1) is 14.3. The maximum Gasteiger partial charge on any atom is 0.194 e. The molecule has 1 aromatic carbocycles. The maximum absolute atomic E-state index is 6.30. The molecule has 1 saturated carbocycles. The summed E-state index contributed by atoms with van der Waals surface area (Å²) in [5.74, 6) is 2.03. The first kappa shape index (κ1) is 20.5. The highest BCUT2D eigenvalue weighted by molar-refractivity contribution is 5.80. The van der Waals surface area contributed by atoms with E-state index >= 15 is 0 Å². The van der Waals surface area contributed by atoms with Crippen LogP contribution in [0.1, 0.15) is 44.6 Å². The van der Waals surface area contributed by atoms with Gasteiger partial charge in [0.25, 0.3) is 0 Å². The van der Waals surface area contributed by atoms with E-state index in [-0.39, 0.29) is 0 Å². The molecular formula is C23H36N4O2. The first-order valence-corrected chi connectivity index (χ1v) is 11.4. The van der Waals surface area contributed by atoms with Crippen LogP contribution in [0.5, 0.6) is 5.75 Å². The maximum atomic E-state index is 6.30. The number of likely N-dealkylation sites (tertiary alicyclic amines) is 1. The molecule has 29 heavy (non-hydrogen) atoms. The fourth-order valence-corrected chi connectivity index (χ4v) is 4.70. The highest BCUT2D eigenvalue weighted by Crippen LogP contribution is 2.27. The van der Waals surface area contributed by atoms with Gasteiger partial charge in [-0.05, 0) is 45.1 Å². The summed E-state index contributed by atoms with van der Waals surface area (Å²) in [6.45, 7) is 9.63. The number of nitrogens with zero attached hydrogens (tertiary/aromatic N) is 3. The van der Waals surface area contributed by atoms with Crippen LogP contribution in [0, 0.1) is 0 Å². The summed E-state index contributed by atoms with van der Waals surface area (Å²) in [5.41, 5.74) is 1.18. The van der Waals surface area contributed by atoms with E-state index in [2.05, 4.69) is 46.3 Å². The molecule has 0 bridgehead atoms. The molecule has 0 spiro atoms. The van der Waals surface area contributed by atoms with E-state index in [1.54, 1.807) is 0 Å². The quantitative estimate of drug-likeness (QED) is 0.588. The molecule has 160 valence electrons. The molecule has 6 nitrogen and oxygen atoms in total. The molecule has 0 radical (unpaired) electrons. The van der Waals surface area contributed by atoms with Gasteiger partial charge in [0, 0.05) is 44.3 Å². The lowest BCUT2D eigenvalue weighted by atomic mass is 10.2. The summed E-state index contributed by atoms with van der Waals surface area (Å²) >= 11 is 0. The predicted molar refractivity (Wildman–Crippen MR) is 117 cm³/mol. The third kappa shape index (κ3) is 5.43. The van der Waals surface area contributed by atoms with Crippen LogP contribution in [0.25, 0.3) is 0 Å². The molecule has 0 aromatic heterocycles. The number of rotatable bonds is 6. The second kappa shape index (κ2) is 10.3. The van der Waals surface area contributed by atoms with E-state index in [0.717, 1.165) is 57.6 Å². The molecule has 2 saturated heterocycles. The summed E-state index contributed by atoms with van der Waals surface area (Å²) in [4.78, 5) is 9.99. The lowest BCUT2D eigenvalue weighted by Crippen LogP contribution is -2.46. The minimum absolute atomic E-state index is 0.376. The van der Waals surface area contributed by atoms with E-state index < -0.39 is 0 Å². The predicted octanol–water partition coefficient (Wildman–Crippen LogP) is 2.88. The lowest BCUT2D eigenvalue weighted by molar-refractivity contribution is 0.0195. The molecule has 4 rings (SSSR count). The van der Waals surface area contributed by atoms with Crippen molar-refractivity contribution < 1.29 is 9.47 Å². The molecule has 1 atom stereocenters. The Hall–Kier alpha value is -1.79. The van der Waals surface area contributed by atoms with Crippen molar-refractivity contribution in [2.75, 3.05) is 45.9 Å². The van der Waals surface area contributed by atoms with Crippen LogP contribution >= 0.6 is 0 Å². The van der Waals surface area contributed by atoms with Crippen molar-refractivity contribution in [3.8, 4) is 5.75 Å². The zero-order chi connectivity index (χ0) is 19.9. The SMILES string of the molecule is CCNC(=NCc1ccccc1OC1CCCC1)N1CCC(N2CCOCC2)C1. The molecule has 1 unspecified atom stereocenters. The average Bonchev–Trinajstić information content (AvgIpc) is 3.45. The van der Waals surface area contributed by atoms with Gasteiger partial charge in [0.05, 0.1) is 25.9 Å². The smallest absolute Gasteiger partial charge is 0.194 e. The van der Waals surface area contributed by atoms with Crippen molar-refractivity contribution >= 4 is 5.96 Å². The largest absolute Gasteiger partial charge is 0.490 e. The highest BCUT2D eigenvalue weighted by Gasteiger charge is 2.30. The van der Waals surface area contributed by atoms with E-state index in [0.29, 0.717) is 18.7 Å². The second-order valence-corrected chi connectivity index (χ2v) is 8.34. The van der Waals surface area contributed by atoms with Crippen molar-refractivity contribution in [1.82, 2.24) is 15.1 Å². The monoisotopic (exact) mass is 400 g/mol. The van der Waals surface area contributed by atoms with Crippen molar-refractivity contribution in [1.29, 1.82) is 0 Å². The Morgan fingerprint density at radius 3 is 2.72 bits per heavy atom. The number of morpholine rings is 1. The van der Waals surface area contributed by atoms with Crippen LogP contribution in [-0.4, -0.2) is 73.8 Å². The Labute approximate surface area is 175 Å². The third-order valence-corrected chi connectivity index (χ3v) is 6.33. The molecule has 1 aromatic rings. The van der Waals surface area contributed by atoms with Crippen molar-refractivity contribution in [3.63, 3.8) is 0 Å². The fraction of sp³-hybridized carbons (Fsp3) is 0.696. The Morgan fingerprint density at radius 2 is 1.93 bits per heavy atom. The van der Waals surface area contributed by atoms with Gasteiger partial charge in [-0.25, -0.2) is 4.99 Å². The third-order valence-electron chi connectivity index (χ3n) is 6.33. The molecule has 2 heterocycles. The van der Waals surface area contributed by atoms with Gasteiger partial charge >= 0.3 is 0 Å². The standard InChI is InChI=1S/C23H36N4O2/c1-2-24-23(27-12-11-20(18-27)26-13-15-28-16-14-26)25-17-19-7-3-6-10-22(19)29-21-8-4-5-9-21/h3,6-7,10,20-21H,2,4-5,8-9,11-18H2,1H3,(H,24,25). The highest BCUT2D eigenvalue weighted by atomic mass is 16.5. The Kier molecular flexibility index (Phi) is 7.28. The molecular weight excluding hydrogens is 364 g/mol. The van der Waals surface area contributed by atoms with Crippen LogP contribution in [0.4, 0.5) is 0 Å². The Morgan fingerprint density at radius 1 is 1.14 bits per heavy atom. The molecule has 2 aliphatic heterocycles. The number of para-hydroxylation sites is 1. The number of nitrogens with one attached hydrogen (secondary N) is 1. The van der Waals surface area contributed by atoms with Crippen LogP contribution in [0.3, 0.4) is 0 Å². The number of aliphatic imine (C=N–C) groups is 1. The van der Waals surface area contributed by atoms with E-state index in [1.807, 2.05) is 0 Å². The van der Waals surface area contributed by atoms with Crippen LogP contribution in [-0.2, 0) is 11.3 Å². The van der Waals surface area contributed by atoms with Crippen LogP contribution < -0.4 is 10.1 Å². The molecule has 0 amide bonds. The normalized spacial score (nSPS) is 24.2. The summed E-state index contributed by atoms with van der Waals surface area (Å²) < 4.78 is 11.8. The van der Waals surface area contributed by atoms with Crippen molar-refractivity contribution in [2.45, 2.75) is 57.7 Å². The summed E-state index contributed by atoms with van der Waals surface area (Å²) in [6, 6.07) is 9.01. The van der Waals surface area contributed by atoms with Gasteiger partial charge < -0.3 is 19.7 Å². The lowest BCUT2D eigenvalue weighted by Gasteiger charge is -2.32. The number of guanidine groups is 1. The number of ether oxygens (including phenoxy) is 2. The van der Waals surface area contributed by atoms with Gasteiger partial charge in [0.2, 0.25) is 0 Å². The molecule has 1 N–H and O–H groups in total. The molecule has 3 aliphatic rings. The molecule has 6 heteroatoms. The van der Waals surface area contributed by atoms with Crippen molar-refractivity contribution in [3.05, 3.63) is 29.8 Å². The fourth-order valence-electron chi connectivity index (χ4n) is 4.70. The van der Waals surface area contributed by atoms with Gasteiger partial charge in [-0.1, -0.05) is 18.2 Å². The van der Waals surface area contributed by atoms with E-state index in [1.165, 1.54) is 37.7 Å². The molecule has 1 aliphatic carbocycles. The average molecular weight is 401 g/mol. The van der Waals surface area contributed by atoms with Crippen LogP contribution in [0.15, 0.2) is 29.3 Å². The van der Waals surface area contributed by atoms with Crippen LogP contribution in [0.2, 0.25) is 0 Å². The van der Waals surface area contributed by atoms with E-state index in [4.69, 9.17) is 14.5 Å². The summed E-state index contributed by atoms with van der Waals surface area (Å²) in [7, 11) is 0. The minimum atomic E-state index is 0.376.